The minimum atomic E-state index is -0.0117. The summed E-state index contributed by atoms with van der Waals surface area (Å²) in [7, 11) is 3.21. The number of fused-ring (bicyclic) bond motifs is 1. The summed E-state index contributed by atoms with van der Waals surface area (Å²) >= 11 is 3.24. The molecule has 3 heterocycles. The van der Waals surface area contributed by atoms with Gasteiger partial charge in [0.15, 0.2) is 11.5 Å². The lowest BCUT2D eigenvalue weighted by Gasteiger charge is -2.33. The number of carbonyl (C=O) groups is 1. The molecule has 1 atom stereocenters. The van der Waals surface area contributed by atoms with Crippen molar-refractivity contribution in [3.63, 3.8) is 0 Å². The first-order valence-electron chi connectivity index (χ1n) is 8.67. The van der Waals surface area contributed by atoms with E-state index in [2.05, 4.69) is 23.4 Å². The third-order valence-electron chi connectivity index (χ3n) is 4.89. The van der Waals surface area contributed by atoms with Gasteiger partial charge < -0.3 is 14.4 Å². The molecule has 0 aliphatic carbocycles. The molecule has 1 aliphatic rings. The Morgan fingerprint density at radius 2 is 2.00 bits per heavy atom. The van der Waals surface area contributed by atoms with Crippen LogP contribution < -0.4 is 9.47 Å². The molecule has 1 aliphatic heterocycles. The average molecular weight is 401 g/mol. The summed E-state index contributed by atoms with van der Waals surface area (Å²) in [6.45, 7) is 2.82. The highest BCUT2D eigenvalue weighted by Gasteiger charge is 2.30. The van der Waals surface area contributed by atoms with E-state index >= 15 is 0 Å². The Labute approximate surface area is 166 Å². The summed E-state index contributed by atoms with van der Waals surface area (Å²) in [4.78, 5) is 20.9. The average Bonchev–Trinajstić information content (AvgIpc) is 3.37. The van der Waals surface area contributed by atoms with Gasteiger partial charge >= 0.3 is 0 Å². The molecular weight excluding hydrogens is 380 g/mol. The Hall–Kier alpha value is -2.38. The second kappa shape index (κ2) is 7.32. The molecule has 0 bridgehead atoms. The number of aromatic nitrogens is 1. The standard InChI is InChI=1S/C20H20N2O3S2/c1-12-14-7-9-26-18(14)6-8-22(12)20(23)15-11-27-19(21-15)13-4-5-16(24-2)17(10-13)25-3/h4-5,7,9-12H,6,8H2,1-3H3/t12-/m0/s1. The van der Waals surface area contributed by atoms with Crippen LogP contribution in [-0.4, -0.2) is 36.6 Å². The van der Waals surface area contributed by atoms with Crippen LogP contribution >= 0.6 is 22.7 Å². The molecule has 0 saturated carbocycles. The number of thiophene rings is 1. The van der Waals surface area contributed by atoms with Gasteiger partial charge in [-0.15, -0.1) is 22.7 Å². The zero-order chi connectivity index (χ0) is 19.0. The number of nitrogens with zero attached hydrogens (tertiary/aromatic N) is 2. The molecule has 0 spiro atoms. The van der Waals surface area contributed by atoms with Crippen LogP contribution in [0.2, 0.25) is 0 Å². The van der Waals surface area contributed by atoms with Crippen molar-refractivity contribution < 1.29 is 14.3 Å². The Morgan fingerprint density at radius 1 is 1.19 bits per heavy atom. The molecule has 3 aromatic rings. The van der Waals surface area contributed by atoms with Gasteiger partial charge in [0.25, 0.3) is 5.91 Å². The number of benzene rings is 1. The molecule has 2 aromatic heterocycles. The first kappa shape index (κ1) is 18.0. The highest BCUT2D eigenvalue weighted by Crippen LogP contribution is 2.36. The number of hydrogen-bond acceptors (Lipinski definition) is 6. The van der Waals surface area contributed by atoms with Crippen LogP contribution in [0.15, 0.2) is 35.0 Å². The minimum absolute atomic E-state index is 0.0117. The van der Waals surface area contributed by atoms with Crippen molar-refractivity contribution in [1.29, 1.82) is 0 Å². The molecule has 1 aromatic carbocycles. The van der Waals surface area contributed by atoms with E-state index in [9.17, 15) is 4.79 Å². The van der Waals surface area contributed by atoms with Crippen LogP contribution in [0.4, 0.5) is 0 Å². The third kappa shape index (κ3) is 3.21. The lowest BCUT2D eigenvalue weighted by Crippen LogP contribution is -2.38. The lowest BCUT2D eigenvalue weighted by molar-refractivity contribution is 0.0674. The Balaban J connectivity index is 1.59. The van der Waals surface area contributed by atoms with E-state index in [1.54, 1.807) is 25.6 Å². The highest BCUT2D eigenvalue weighted by atomic mass is 32.1. The van der Waals surface area contributed by atoms with Crippen LogP contribution in [0, 0.1) is 0 Å². The number of hydrogen-bond donors (Lipinski definition) is 0. The van der Waals surface area contributed by atoms with E-state index in [-0.39, 0.29) is 11.9 Å². The Morgan fingerprint density at radius 3 is 2.78 bits per heavy atom. The fourth-order valence-electron chi connectivity index (χ4n) is 3.41. The maximum atomic E-state index is 13.0. The molecule has 0 N–H and O–H groups in total. The molecule has 7 heteroatoms. The molecule has 1 amide bonds. The van der Waals surface area contributed by atoms with Crippen LogP contribution in [0.25, 0.3) is 10.6 Å². The molecule has 0 unspecified atom stereocenters. The van der Waals surface area contributed by atoms with Crippen molar-refractivity contribution in [1.82, 2.24) is 9.88 Å². The summed E-state index contributed by atoms with van der Waals surface area (Å²) in [5, 5.41) is 4.73. The molecule has 0 fully saturated rings. The van der Waals surface area contributed by atoms with Gasteiger partial charge in [-0.25, -0.2) is 4.98 Å². The fraction of sp³-hybridized carbons (Fsp3) is 0.300. The molecule has 0 saturated heterocycles. The van der Waals surface area contributed by atoms with Gasteiger partial charge in [-0.3, -0.25) is 4.79 Å². The molecular formula is C20H20N2O3S2. The molecule has 27 heavy (non-hydrogen) atoms. The molecule has 4 rings (SSSR count). The number of rotatable bonds is 4. The van der Waals surface area contributed by atoms with Crippen molar-refractivity contribution >= 4 is 28.6 Å². The fourth-order valence-corrected chi connectivity index (χ4v) is 5.16. The second-order valence-corrected chi connectivity index (χ2v) is 8.19. The predicted molar refractivity (Wildman–Crippen MR) is 108 cm³/mol. The van der Waals surface area contributed by atoms with Gasteiger partial charge in [0, 0.05) is 22.4 Å². The normalized spacial score (nSPS) is 16.1. The Kier molecular flexibility index (Phi) is 4.88. The van der Waals surface area contributed by atoms with E-state index in [4.69, 9.17) is 9.47 Å². The van der Waals surface area contributed by atoms with E-state index in [0.717, 1.165) is 23.5 Å². The second-order valence-electron chi connectivity index (χ2n) is 6.33. The summed E-state index contributed by atoms with van der Waals surface area (Å²) in [5.41, 5.74) is 2.66. The maximum Gasteiger partial charge on any atom is 0.273 e. The van der Waals surface area contributed by atoms with Crippen LogP contribution in [0.1, 0.15) is 33.9 Å². The van der Waals surface area contributed by atoms with Crippen molar-refractivity contribution in [3.05, 3.63) is 51.2 Å². The summed E-state index contributed by atoms with van der Waals surface area (Å²) in [6, 6.07) is 7.86. The molecule has 140 valence electrons. The number of amides is 1. The van der Waals surface area contributed by atoms with Crippen molar-refractivity contribution in [2.75, 3.05) is 20.8 Å². The quantitative estimate of drug-likeness (QED) is 0.640. The van der Waals surface area contributed by atoms with Gasteiger partial charge in [-0.2, -0.15) is 0 Å². The summed E-state index contributed by atoms with van der Waals surface area (Å²) in [6.07, 6.45) is 0.912. The van der Waals surface area contributed by atoms with Gasteiger partial charge in [-0.05, 0) is 48.6 Å². The topological polar surface area (TPSA) is 51.7 Å². The molecule has 5 nitrogen and oxygen atoms in total. The van der Waals surface area contributed by atoms with E-state index in [1.165, 1.54) is 21.8 Å². The van der Waals surface area contributed by atoms with Crippen LogP contribution in [-0.2, 0) is 6.42 Å². The number of ether oxygens (including phenoxy) is 2. The lowest BCUT2D eigenvalue weighted by atomic mass is 10.0. The van der Waals surface area contributed by atoms with E-state index in [0.29, 0.717) is 17.2 Å². The first-order valence-corrected chi connectivity index (χ1v) is 10.4. The summed E-state index contributed by atoms with van der Waals surface area (Å²) < 4.78 is 10.6. The van der Waals surface area contributed by atoms with Crippen LogP contribution in [0.3, 0.4) is 0 Å². The van der Waals surface area contributed by atoms with Gasteiger partial charge in [-0.1, -0.05) is 0 Å². The summed E-state index contributed by atoms with van der Waals surface area (Å²) in [5.74, 6) is 1.30. The van der Waals surface area contributed by atoms with Crippen molar-refractivity contribution in [3.8, 4) is 22.1 Å². The third-order valence-corrected chi connectivity index (χ3v) is 6.78. The van der Waals surface area contributed by atoms with E-state index < -0.39 is 0 Å². The Bertz CT molecular complexity index is 979. The zero-order valence-corrected chi connectivity index (χ0v) is 17.0. The zero-order valence-electron chi connectivity index (χ0n) is 15.4. The maximum absolute atomic E-state index is 13.0. The van der Waals surface area contributed by atoms with Gasteiger partial charge in [0.1, 0.15) is 10.7 Å². The largest absolute Gasteiger partial charge is 0.493 e. The van der Waals surface area contributed by atoms with Crippen molar-refractivity contribution in [2.24, 2.45) is 0 Å². The minimum Gasteiger partial charge on any atom is -0.493 e. The number of carbonyl (C=O) groups excluding carboxylic acids is 1. The van der Waals surface area contributed by atoms with Gasteiger partial charge in [0.2, 0.25) is 0 Å². The number of methoxy groups -OCH3 is 2. The van der Waals surface area contributed by atoms with E-state index in [1.807, 2.05) is 28.5 Å². The van der Waals surface area contributed by atoms with Crippen molar-refractivity contribution in [2.45, 2.75) is 19.4 Å². The first-order chi connectivity index (χ1) is 13.1. The molecule has 0 radical (unpaired) electrons. The monoisotopic (exact) mass is 400 g/mol. The van der Waals surface area contributed by atoms with Crippen LogP contribution in [0.5, 0.6) is 11.5 Å². The number of thiazole rings is 1. The smallest absolute Gasteiger partial charge is 0.273 e. The SMILES string of the molecule is COc1ccc(-c2nc(C(=O)N3CCc4sccc4[C@@H]3C)cs2)cc1OC. The predicted octanol–water partition coefficient (Wildman–Crippen LogP) is 4.65. The van der Waals surface area contributed by atoms with Gasteiger partial charge in [0.05, 0.1) is 20.3 Å². The highest BCUT2D eigenvalue weighted by molar-refractivity contribution is 7.13.